The SMILES string of the molecule is COc1cccc(C2=NC(NC(=O)c3ccc(C)cc3)(C(Cl)Cl)C(=O)N2)c1. The molecule has 0 saturated heterocycles. The Balaban J connectivity index is 1.95. The summed E-state index contributed by atoms with van der Waals surface area (Å²) in [6.07, 6.45) is 0. The van der Waals surface area contributed by atoms with Gasteiger partial charge < -0.3 is 15.4 Å². The average Bonchev–Trinajstić information content (AvgIpc) is 3.00. The van der Waals surface area contributed by atoms with Crippen molar-refractivity contribution in [2.24, 2.45) is 4.99 Å². The van der Waals surface area contributed by atoms with Crippen LogP contribution in [-0.2, 0) is 4.79 Å². The molecule has 1 aliphatic rings. The van der Waals surface area contributed by atoms with Gasteiger partial charge in [0, 0.05) is 11.1 Å². The lowest BCUT2D eigenvalue weighted by Gasteiger charge is -2.25. The molecule has 0 aromatic heterocycles. The molecular formula is C19H17Cl2N3O3. The number of alkyl halides is 2. The summed E-state index contributed by atoms with van der Waals surface area (Å²) in [7, 11) is 1.54. The number of amides is 2. The summed E-state index contributed by atoms with van der Waals surface area (Å²) in [6.45, 7) is 1.91. The molecular weight excluding hydrogens is 389 g/mol. The summed E-state index contributed by atoms with van der Waals surface area (Å²) < 4.78 is 5.18. The number of aliphatic imine (C=N–C) groups is 1. The van der Waals surface area contributed by atoms with Gasteiger partial charge in [0.1, 0.15) is 11.6 Å². The number of hydrogen-bond acceptors (Lipinski definition) is 4. The van der Waals surface area contributed by atoms with E-state index in [0.29, 0.717) is 16.9 Å². The highest BCUT2D eigenvalue weighted by molar-refractivity contribution is 6.47. The van der Waals surface area contributed by atoms with Crippen molar-refractivity contribution in [3.63, 3.8) is 0 Å². The standard InChI is InChI=1S/C19H17Cl2N3O3/c1-11-6-8-12(9-7-11)16(25)24-19(17(20)21)18(26)22-15(23-19)13-4-3-5-14(10-13)27-2/h3-10,17H,1-2H3,(H,24,25)(H,22,23,26). The number of carbonyl (C=O) groups excluding carboxylic acids is 2. The minimum Gasteiger partial charge on any atom is -0.497 e. The van der Waals surface area contributed by atoms with E-state index in [2.05, 4.69) is 15.6 Å². The van der Waals surface area contributed by atoms with Gasteiger partial charge in [-0.2, -0.15) is 0 Å². The lowest BCUT2D eigenvalue weighted by molar-refractivity contribution is -0.124. The van der Waals surface area contributed by atoms with Gasteiger partial charge >= 0.3 is 0 Å². The summed E-state index contributed by atoms with van der Waals surface area (Å²) in [6, 6.07) is 13.8. The van der Waals surface area contributed by atoms with Crippen LogP contribution in [0, 0.1) is 6.92 Å². The van der Waals surface area contributed by atoms with Gasteiger partial charge in [-0.3, -0.25) is 9.59 Å². The van der Waals surface area contributed by atoms with Crippen molar-refractivity contribution in [3.05, 3.63) is 65.2 Å². The monoisotopic (exact) mass is 405 g/mol. The third kappa shape index (κ3) is 3.77. The highest BCUT2D eigenvalue weighted by Crippen LogP contribution is 2.28. The fraction of sp³-hybridized carbons (Fsp3) is 0.211. The van der Waals surface area contributed by atoms with E-state index in [-0.39, 0.29) is 5.84 Å². The summed E-state index contributed by atoms with van der Waals surface area (Å²) in [4.78, 5) is 28.3. The number of amidine groups is 1. The quantitative estimate of drug-likeness (QED) is 0.750. The zero-order valence-electron chi connectivity index (χ0n) is 14.6. The van der Waals surface area contributed by atoms with E-state index >= 15 is 0 Å². The highest BCUT2D eigenvalue weighted by Gasteiger charge is 2.50. The van der Waals surface area contributed by atoms with Crippen molar-refractivity contribution < 1.29 is 14.3 Å². The number of hydrogen-bond donors (Lipinski definition) is 2. The Morgan fingerprint density at radius 2 is 1.93 bits per heavy atom. The summed E-state index contributed by atoms with van der Waals surface area (Å²) in [5.74, 6) is -0.281. The van der Waals surface area contributed by atoms with E-state index in [4.69, 9.17) is 27.9 Å². The summed E-state index contributed by atoms with van der Waals surface area (Å²) in [5.41, 5.74) is 0.143. The molecule has 27 heavy (non-hydrogen) atoms. The van der Waals surface area contributed by atoms with Gasteiger partial charge in [0.05, 0.1) is 7.11 Å². The van der Waals surface area contributed by atoms with Crippen LogP contribution < -0.4 is 15.4 Å². The van der Waals surface area contributed by atoms with Crippen LogP contribution in [0.15, 0.2) is 53.5 Å². The summed E-state index contributed by atoms with van der Waals surface area (Å²) in [5, 5.41) is 5.20. The number of aryl methyl sites for hydroxylation is 1. The number of ether oxygens (including phenoxy) is 1. The maximum absolute atomic E-state index is 12.7. The van der Waals surface area contributed by atoms with Gasteiger partial charge in [-0.25, -0.2) is 4.99 Å². The highest BCUT2D eigenvalue weighted by atomic mass is 35.5. The second-order valence-electron chi connectivity index (χ2n) is 6.03. The van der Waals surface area contributed by atoms with Crippen LogP contribution in [0.2, 0.25) is 0 Å². The Morgan fingerprint density at radius 1 is 1.22 bits per heavy atom. The molecule has 2 aromatic carbocycles. The third-order valence-corrected chi connectivity index (χ3v) is 4.77. The van der Waals surface area contributed by atoms with Gasteiger partial charge in [-0.15, -0.1) is 0 Å². The number of rotatable bonds is 5. The van der Waals surface area contributed by atoms with Gasteiger partial charge in [0.2, 0.25) is 5.66 Å². The van der Waals surface area contributed by atoms with Crippen LogP contribution in [0.25, 0.3) is 0 Å². The Morgan fingerprint density at radius 3 is 2.56 bits per heavy atom. The maximum Gasteiger partial charge on any atom is 0.277 e. The minimum absolute atomic E-state index is 0.245. The largest absolute Gasteiger partial charge is 0.497 e. The van der Waals surface area contributed by atoms with Crippen molar-refractivity contribution in [2.45, 2.75) is 17.4 Å². The van der Waals surface area contributed by atoms with Crippen LogP contribution in [0.1, 0.15) is 21.5 Å². The fourth-order valence-electron chi connectivity index (χ4n) is 2.60. The van der Waals surface area contributed by atoms with Gasteiger partial charge in [-0.1, -0.05) is 53.0 Å². The average molecular weight is 406 g/mol. The molecule has 0 aliphatic carbocycles. The zero-order valence-corrected chi connectivity index (χ0v) is 16.1. The van der Waals surface area contributed by atoms with Crippen molar-refractivity contribution in [1.82, 2.24) is 10.6 Å². The first-order valence-corrected chi connectivity index (χ1v) is 8.96. The Hall–Kier alpha value is -2.57. The molecule has 1 aliphatic heterocycles. The molecule has 1 unspecified atom stereocenters. The molecule has 6 nitrogen and oxygen atoms in total. The Kier molecular flexibility index (Phi) is 5.39. The van der Waals surface area contributed by atoms with Gasteiger partial charge in [-0.05, 0) is 31.2 Å². The first-order chi connectivity index (χ1) is 12.9. The first-order valence-electron chi connectivity index (χ1n) is 8.09. The van der Waals surface area contributed by atoms with Crippen LogP contribution in [-0.4, -0.2) is 35.3 Å². The second kappa shape index (κ2) is 7.58. The predicted molar refractivity (Wildman–Crippen MR) is 105 cm³/mol. The van der Waals surface area contributed by atoms with E-state index < -0.39 is 22.3 Å². The van der Waals surface area contributed by atoms with E-state index in [0.717, 1.165) is 5.56 Å². The van der Waals surface area contributed by atoms with Gasteiger partial charge in [0.25, 0.3) is 11.8 Å². The summed E-state index contributed by atoms with van der Waals surface area (Å²) >= 11 is 12.1. The molecule has 0 spiro atoms. The van der Waals surface area contributed by atoms with Crippen LogP contribution in [0.3, 0.4) is 0 Å². The lowest BCUT2D eigenvalue weighted by Crippen LogP contribution is -2.58. The molecule has 8 heteroatoms. The molecule has 0 radical (unpaired) electrons. The minimum atomic E-state index is -1.83. The molecule has 0 fully saturated rings. The fourth-order valence-corrected chi connectivity index (χ4v) is 3.01. The topological polar surface area (TPSA) is 79.8 Å². The third-order valence-electron chi connectivity index (χ3n) is 4.14. The second-order valence-corrected chi connectivity index (χ2v) is 7.13. The van der Waals surface area contributed by atoms with Crippen molar-refractivity contribution in [3.8, 4) is 5.75 Å². The van der Waals surface area contributed by atoms with E-state index in [9.17, 15) is 9.59 Å². The van der Waals surface area contributed by atoms with Crippen molar-refractivity contribution >= 4 is 40.9 Å². The number of halogens is 2. The van der Waals surface area contributed by atoms with Crippen LogP contribution in [0.5, 0.6) is 5.75 Å². The number of methoxy groups -OCH3 is 1. The van der Waals surface area contributed by atoms with E-state index in [1.807, 2.05) is 6.92 Å². The molecule has 140 valence electrons. The lowest BCUT2D eigenvalue weighted by atomic mass is 10.1. The van der Waals surface area contributed by atoms with Crippen molar-refractivity contribution in [2.75, 3.05) is 7.11 Å². The smallest absolute Gasteiger partial charge is 0.277 e. The molecule has 0 bridgehead atoms. The molecule has 2 amide bonds. The Labute approximate surface area is 166 Å². The normalized spacial score (nSPS) is 18.9. The predicted octanol–water partition coefficient (Wildman–Crippen LogP) is 2.81. The van der Waals surface area contributed by atoms with E-state index in [1.165, 1.54) is 7.11 Å². The first kappa shape index (κ1) is 19.2. The molecule has 1 heterocycles. The Bertz CT molecular complexity index is 913. The molecule has 3 rings (SSSR count). The maximum atomic E-state index is 12.7. The number of nitrogens with zero attached hydrogens (tertiary/aromatic N) is 1. The molecule has 1 atom stereocenters. The van der Waals surface area contributed by atoms with Crippen molar-refractivity contribution in [1.29, 1.82) is 0 Å². The molecule has 0 saturated carbocycles. The van der Waals surface area contributed by atoms with Crippen LogP contribution in [0.4, 0.5) is 0 Å². The van der Waals surface area contributed by atoms with Crippen LogP contribution >= 0.6 is 23.2 Å². The molecule has 2 aromatic rings. The number of carbonyl (C=O) groups is 2. The zero-order chi connectivity index (χ0) is 19.6. The number of benzene rings is 2. The van der Waals surface area contributed by atoms with E-state index in [1.54, 1.807) is 48.5 Å². The van der Waals surface area contributed by atoms with Gasteiger partial charge in [0.15, 0.2) is 4.84 Å². The molecule has 2 N–H and O–H groups in total. The number of nitrogens with one attached hydrogen (secondary N) is 2.